The van der Waals surface area contributed by atoms with Crippen molar-refractivity contribution in [1.82, 2.24) is 5.43 Å². The van der Waals surface area contributed by atoms with Crippen LogP contribution in [0.2, 0.25) is 0 Å². The summed E-state index contributed by atoms with van der Waals surface area (Å²) in [6, 6.07) is 16.7. The highest BCUT2D eigenvalue weighted by molar-refractivity contribution is 6.39. The number of nitrogens with zero attached hydrogens (tertiary/aromatic N) is 1. The minimum Gasteiger partial charge on any atom is -0.497 e. The number of anilines is 1. The van der Waals surface area contributed by atoms with E-state index in [2.05, 4.69) is 15.8 Å². The molecule has 0 fully saturated rings. The molecule has 0 radical (unpaired) electrons. The normalized spacial score (nSPS) is 10.8. The van der Waals surface area contributed by atoms with Crippen molar-refractivity contribution in [1.29, 1.82) is 0 Å². The van der Waals surface area contributed by atoms with Crippen LogP contribution in [0.15, 0.2) is 65.8 Å². The Balaban J connectivity index is 1.69. The smallest absolute Gasteiger partial charge is 0.343 e. The zero-order chi connectivity index (χ0) is 26.9. The van der Waals surface area contributed by atoms with Gasteiger partial charge in [-0.2, -0.15) is 5.10 Å². The van der Waals surface area contributed by atoms with Crippen LogP contribution >= 0.6 is 0 Å². The zero-order valence-corrected chi connectivity index (χ0v) is 21.1. The maximum Gasteiger partial charge on any atom is 0.343 e. The fraction of sp³-hybridized carbons (Fsp3) is 0.185. The molecule has 37 heavy (non-hydrogen) atoms. The van der Waals surface area contributed by atoms with Crippen molar-refractivity contribution in [3.05, 3.63) is 77.4 Å². The molecule has 0 atom stereocenters. The second kappa shape index (κ2) is 12.2. The van der Waals surface area contributed by atoms with Crippen molar-refractivity contribution in [2.24, 2.45) is 5.10 Å². The Morgan fingerprint density at radius 1 is 0.784 bits per heavy atom. The van der Waals surface area contributed by atoms with Crippen molar-refractivity contribution < 1.29 is 33.3 Å². The fourth-order valence-corrected chi connectivity index (χ4v) is 3.27. The van der Waals surface area contributed by atoms with Crippen LogP contribution in [-0.4, -0.2) is 44.8 Å². The van der Waals surface area contributed by atoms with Crippen LogP contribution < -0.4 is 29.7 Å². The first kappa shape index (κ1) is 26.7. The van der Waals surface area contributed by atoms with Gasteiger partial charge < -0.3 is 24.3 Å². The first-order valence-corrected chi connectivity index (χ1v) is 11.1. The minimum absolute atomic E-state index is 0.225. The molecule has 0 unspecified atom stereocenters. The van der Waals surface area contributed by atoms with E-state index in [9.17, 15) is 14.4 Å². The summed E-state index contributed by atoms with van der Waals surface area (Å²) >= 11 is 0. The number of esters is 1. The fourth-order valence-electron chi connectivity index (χ4n) is 3.27. The highest BCUT2D eigenvalue weighted by atomic mass is 16.6. The lowest BCUT2D eigenvalue weighted by Gasteiger charge is -2.12. The molecular formula is C27H27N3O7. The molecular weight excluding hydrogens is 478 g/mol. The topological polar surface area (TPSA) is 125 Å². The van der Waals surface area contributed by atoms with Crippen molar-refractivity contribution in [3.8, 4) is 23.0 Å². The summed E-state index contributed by atoms with van der Waals surface area (Å²) in [6.45, 7) is 3.45. The van der Waals surface area contributed by atoms with Crippen LogP contribution in [0.3, 0.4) is 0 Å². The van der Waals surface area contributed by atoms with E-state index in [0.717, 1.165) is 5.56 Å². The van der Waals surface area contributed by atoms with E-state index in [1.807, 2.05) is 19.1 Å². The Bertz CT molecular complexity index is 1350. The summed E-state index contributed by atoms with van der Waals surface area (Å²) in [5, 5.41) is 6.46. The first-order valence-electron chi connectivity index (χ1n) is 11.1. The minimum atomic E-state index is -0.986. The standard InChI is InChI=1S/C27H27N3O7/c1-16-8-6-7-9-20(16)27(33)37-23-12-10-18(14-24(23)36-5)17(2)29-30-26(32)25(31)28-21-15-19(34-3)11-13-22(21)35-4/h6-15H,1-5H3,(H,28,31)(H,30,32)/b29-17+. The number of methoxy groups -OCH3 is 3. The van der Waals surface area contributed by atoms with Crippen LogP contribution in [0.4, 0.5) is 5.69 Å². The molecule has 3 rings (SSSR count). The van der Waals surface area contributed by atoms with E-state index in [-0.39, 0.29) is 11.4 Å². The van der Waals surface area contributed by atoms with Crippen LogP contribution in [0.25, 0.3) is 0 Å². The molecule has 10 nitrogen and oxygen atoms in total. The molecule has 0 saturated carbocycles. The Labute approximate surface area is 214 Å². The second-order valence-electron chi connectivity index (χ2n) is 7.73. The van der Waals surface area contributed by atoms with Crippen LogP contribution in [0, 0.1) is 6.92 Å². The molecule has 0 spiro atoms. The lowest BCUT2D eigenvalue weighted by Crippen LogP contribution is -2.33. The largest absolute Gasteiger partial charge is 0.497 e. The Morgan fingerprint density at radius 2 is 1.49 bits per heavy atom. The highest BCUT2D eigenvalue weighted by Crippen LogP contribution is 2.30. The molecule has 0 aromatic heterocycles. The number of aryl methyl sites for hydroxylation is 1. The third-order valence-electron chi connectivity index (χ3n) is 5.34. The SMILES string of the molecule is COc1ccc(OC)c(NC(=O)C(=O)N/N=C(\C)c2ccc(OC(=O)c3ccccc3C)c(OC)c2)c1. The van der Waals surface area contributed by atoms with Crippen LogP contribution in [0.5, 0.6) is 23.0 Å². The molecule has 3 aromatic rings. The van der Waals surface area contributed by atoms with Crippen molar-refractivity contribution in [2.75, 3.05) is 26.6 Å². The summed E-state index contributed by atoms with van der Waals surface area (Å²) in [6.07, 6.45) is 0. The second-order valence-corrected chi connectivity index (χ2v) is 7.73. The van der Waals surface area contributed by atoms with E-state index in [0.29, 0.717) is 34.1 Å². The summed E-state index contributed by atoms with van der Waals surface area (Å²) in [4.78, 5) is 37.2. The molecule has 0 saturated heterocycles. The molecule has 0 aliphatic rings. The lowest BCUT2D eigenvalue weighted by atomic mass is 10.1. The monoisotopic (exact) mass is 505 g/mol. The van der Waals surface area contributed by atoms with Crippen molar-refractivity contribution in [2.45, 2.75) is 13.8 Å². The molecule has 0 aliphatic carbocycles. The Hall–Kier alpha value is -4.86. The molecule has 2 N–H and O–H groups in total. The van der Waals surface area contributed by atoms with Crippen LogP contribution in [0.1, 0.15) is 28.4 Å². The number of hydrogen-bond acceptors (Lipinski definition) is 8. The zero-order valence-electron chi connectivity index (χ0n) is 21.1. The number of carbonyl (C=O) groups is 3. The van der Waals surface area contributed by atoms with Crippen LogP contribution in [-0.2, 0) is 9.59 Å². The van der Waals surface area contributed by atoms with Gasteiger partial charge in [-0.3, -0.25) is 9.59 Å². The summed E-state index contributed by atoms with van der Waals surface area (Å²) in [5.74, 6) is -1.09. The maximum absolute atomic E-state index is 12.6. The molecule has 192 valence electrons. The molecule has 10 heteroatoms. The van der Waals surface area contributed by atoms with E-state index in [4.69, 9.17) is 18.9 Å². The number of hydrogen-bond donors (Lipinski definition) is 2. The average molecular weight is 506 g/mol. The number of amides is 2. The molecule has 0 bridgehead atoms. The summed E-state index contributed by atoms with van der Waals surface area (Å²) in [5.41, 5.74) is 4.67. The van der Waals surface area contributed by atoms with Gasteiger partial charge >= 0.3 is 17.8 Å². The maximum atomic E-state index is 12.6. The lowest BCUT2D eigenvalue weighted by molar-refractivity contribution is -0.136. The predicted molar refractivity (Wildman–Crippen MR) is 138 cm³/mol. The predicted octanol–water partition coefficient (Wildman–Crippen LogP) is 3.72. The van der Waals surface area contributed by atoms with Gasteiger partial charge in [-0.15, -0.1) is 0 Å². The number of carbonyl (C=O) groups excluding carboxylic acids is 3. The molecule has 3 aromatic carbocycles. The van der Waals surface area contributed by atoms with Gasteiger partial charge in [0.25, 0.3) is 0 Å². The Kier molecular flexibility index (Phi) is 8.82. The molecule has 2 amide bonds. The van der Waals surface area contributed by atoms with E-state index in [1.54, 1.807) is 49.4 Å². The van der Waals surface area contributed by atoms with E-state index >= 15 is 0 Å². The van der Waals surface area contributed by atoms with Crippen molar-refractivity contribution >= 4 is 29.2 Å². The molecule has 0 heterocycles. The van der Waals surface area contributed by atoms with Gasteiger partial charge in [-0.05, 0) is 55.8 Å². The summed E-state index contributed by atoms with van der Waals surface area (Å²) < 4.78 is 21.2. The number of hydrazone groups is 1. The quantitative estimate of drug-likeness (QED) is 0.157. The first-order chi connectivity index (χ1) is 17.8. The van der Waals surface area contributed by atoms with Gasteiger partial charge in [-0.1, -0.05) is 18.2 Å². The molecule has 0 aliphatic heterocycles. The van der Waals surface area contributed by atoms with E-state index in [1.165, 1.54) is 27.4 Å². The summed E-state index contributed by atoms with van der Waals surface area (Å²) in [7, 11) is 4.36. The average Bonchev–Trinajstić information content (AvgIpc) is 2.91. The van der Waals surface area contributed by atoms with Gasteiger partial charge in [0, 0.05) is 11.6 Å². The van der Waals surface area contributed by atoms with Gasteiger partial charge in [0.05, 0.1) is 38.3 Å². The number of ether oxygens (including phenoxy) is 4. The highest BCUT2D eigenvalue weighted by Gasteiger charge is 2.18. The van der Waals surface area contributed by atoms with Gasteiger partial charge in [-0.25, -0.2) is 10.2 Å². The van der Waals surface area contributed by atoms with Gasteiger partial charge in [0.1, 0.15) is 11.5 Å². The van der Waals surface area contributed by atoms with Gasteiger partial charge in [0.15, 0.2) is 11.5 Å². The number of benzene rings is 3. The number of rotatable bonds is 8. The number of nitrogens with one attached hydrogen (secondary N) is 2. The van der Waals surface area contributed by atoms with Crippen molar-refractivity contribution in [3.63, 3.8) is 0 Å². The van der Waals surface area contributed by atoms with E-state index < -0.39 is 17.8 Å². The van der Waals surface area contributed by atoms with Gasteiger partial charge in [0.2, 0.25) is 0 Å². The third-order valence-corrected chi connectivity index (χ3v) is 5.34. The Morgan fingerprint density at radius 3 is 2.16 bits per heavy atom. The third kappa shape index (κ3) is 6.63.